The van der Waals surface area contributed by atoms with Crippen molar-refractivity contribution in [2.24, 2.45) is 5.73 Å². The van der Waals surface area contributed by atoms with E-state index >= 15 is 0 Å². The van der Waals surface area contributed by atoms with Crippen LogP contribution >= 0.6 is 0 Å². The van der Waals surface area contributed by atoms with E-state index in [1.807, 2.05) is 54.6 Å². The van der Waals surface area contributed by atoms with Crippen LogP contribution in [0.5, 0.6) is 5.88 Å². The standard InChI is InChI=1S/C24H19N3O5/c1-2-31-23(29)18-17(19-21(28)26-24(30)27-22(19)32-20(18)25)16-14-9-5-3-7-12(14)11-13-8-4-6-10-15(13)16/h3-11,17H,2,25H2,1H3,(H2,26,27,28,30). The fraction of sp³-hybridized carbons (Fsp3) is 0.125. The Labute approximate surface area is 181 Å². The first-order valence-corrected chi connectivity index (χ1v) is 10.1. The van der Waals surface area contributed by atoms with E-state index in [0.717, 1.165) is 21.5 Å². The van der Waals surface area contributed by atoms with Crippen LogP contribution in [0.3, 0.4) is 0 Å². The van der Waals surface area contributed by atoms with Gasteiger partial charge in [0.05, 0.1) is 18.1 Å². The number of benzene rings is 3. The summed E-state index contributed by atoms with van der Waals surface area (Å²) in [5.74, 6) is -1.93. The smallest absolute Gasteiger partial charge is 0.340 e. The number of aromatic amines is 2. The lowest BCUT2D eigenvalue weighted by atomic mass is 9.79. The van der Waals surface area contributed by atoms with Crippen molar-refractivity contribution < 1.29 is 14.3 Å². The van der Waals surface area contributed by atoms with Gasteiger partial charge in [-0.15, -0.1) is 0 Å². The van der Waals surface area contributed by atoms with Crippen molar-refractivity contribution >= 4 is 27.5 Å². The predicted octanol–water partition coefficient (Wildman–Crippen LogP) is 2.63. The van der Waals surface area contributed by atoms with Crippen LogP contribution in [0.1, 0.15) is 24.0 Å². The van der Waals surface area contributed by atoms with E-state index < -0.39 is 23.1 Å². The third kappa shape index (κ3) is 2.96. The molecule has 3 aromatic carbocycles. The quantitative estimate of drug-likeness (QED) is 0.339. The molecule has 2 heterocycles. The normalized spacial score (nSPS) is 15.5. The van der Waals surface area contributed by atoms with E-state index in [1.54, 1.807) is 6.92 Å². The fourth-order valence-corrected chi connectivity index (χ4v) is 4.35. The molecule has 0 saturated carbocycles. The van der Waals surface area contributed by atoms with Gasteiger partial charge in [-0.1, -0.05) is 48.5 Å². The molecule has 8 heteroatoms. The summed E-state index contributed by atoms with van der Waals surface area (Å²) in [5.41, 5.74) is 5.56. The highest BCUT2D eigenvalue weighted by Crippen LogP contribution is 2.45. The van der Waals surface area contributed by atoms with Crippen molar-refractivity contribution in [2.75, 3.05) is 6.61 Å². The summed E-state index contributed by atoms with van der Waals surface area (Å²) in [6, 6.07) is 17.4. The molecule has 0 bridgehead atoms. The molecule has 0 aliphatic carbocycles. The summed E-state index contributed by atoms with van der Waals surface area (Å²) in [5, 5.41) is 3.53. The number of rotatable bonds is 3. The second kappa shape index (κ2) is 7.42. The number of fused-ring (bicyclic) bond motifs is 3. The Hall–Kier alpha value is -4.33. The zero-order chi connectivity index (χ0) is 22.4. The first-order chi connectivity index (χ1) is 15.5. The minimum Gasteiger partial charge on any atom is -0.462 e. The minimum atomic E-state index is -0.922. The average molecular weight is 429 g/mol. The largest absolute Gasteiger partial charge is 0.462 e. The lowest BCUT2D eigenvalue weighted by Gasteiger charge is -2.28. The van der Waals surface area contributed by atoms with Gasteiger partial charge in [-0.2, -0.15) is 0 Å². The number of hydrogen-bond acceptors (Lipinski definition) is 6. The van der Waals surface area contributed by atoms with Gasteiger partial charge in [0.15, 0.2) is 0 Å². The van der Waals surface area contributed by atoms with E-state index in [0.29, 0.717) is 5.56 Å². The molecule has 160 valence electrons. The summed E-state index contributed by atoms with van der Waals surface area (Å²) >= 11 is 0. The molecule has 8 nitrogen and oxygen atoms in total. The number of ether oxygens (including phenoxy) is 2. The summed E-state index contributed by atoms with van der Waals surface area (Å²) in [4.78, 5) is 42.7. The van der Waals surface area contributed by atoms with Crippen LogP contribution in [-0.4, -0.2) is 22.5 Å². The minimum absolute atomic E-state index is 0.0124. The van der Waals surface area contributed by atoms with E-state index in [9.17, 15) is 14.4 Å². The number of esters is 1. The molecule has 5 rings (SSSR count). The number of nitrogens with one attached hydrogen (secondary N) is 2. The Kier molecular flexibility index (Phi) is 4.55. The molecule has 1 aliphatic rings. The SMILES string of the molecule is CCOC(=O)C1=C(N)Oc2[nH]c(=O)[nH]c(=O)c2C1c1c2ccccc2cc2ccccc12. The highest BCUT2D eigenvalue weighted by molar-refractivity contribution is 6.05. The number of carbonyl (C=O) groups excluding carboxylic acids is 1. The maximum absolute atomic E-state index is 13.0. The third-order valence-electron chi connectivity index (χ3n) is 5.60. The number of H-pyrrole nitrogens is 2. The molecule has 0 fully saturated rings. The Morgan fingerprint density at radius 2 is 1.62 bits per heavy atom. The van der Waals surface area contributed by atoms with Gasteiger partial charge < -0.3 is 15.2 Å². The fourth-order valence-electron chi connectivity index (χ4n) is 4.35. The molecule has 4 N–H and O–H groups in total. The number of carbonyl (C=O) groups is 1. The van der Waals surface area contributed by atoms with Gasteiger partial charge in [-0.3, -0.25) is 14.8 Å². The molecular weight excluding hydrogens is 410 g/mol. The van der Waals surface area contributed by atoms with Crippen LogP contribution in [0.25, 0.3) is 21.5 Å². The Morgan fingerprint density at radius 1 is 1.00 bits per heavy atom. The van der Waals surface area contributed by atoms with Crippen LogP contribution < -0.4 is 21.7 Å². The average Bonchev–Trinajstić information content (AvgIpc) is 2.76. The topological polar surface area (TPSA) is 127 Å². The molecule has 1 aromatic heterocycles. The van der Waals surface area contributed by atoms with Crippen LogP contribution in [0.2, 0.25) is 0 Å². The second-order valence-corrected chi connectivity index (χ2v) is 7.42. The molecule has 0 saturated heterocycles. The lowest BCUT2D eigenvalue weighted by molar-refractivity contribution is -0.139. The predicted molar refractivity (Wildman–Crippen MR) is 119 cm³/mol. The molecule has 32 heavy (non-hydrogen) atoms. The van der Waals surface area contributed by atoms with Crippen molar-refractivity contribution in [1.29, 1.82) is 0 Å². The highest BCUT2D eigenvalue weighted by atomic mass is 16.5. The van der Waals surface area contributed by atoms with Crippen molar-refractivity contribution in [1.82, 2.24) is 9.97 Å². The van der Waals surface area contributed by atoms with Crippen molar-refractivity contribution in [2.45, 2.75) is 12.8 Å². The van der Waals surface area contributed by atoms with Crippen molar-refractivity contribution in [3.05, 3.63) is 98.0 Å². The highest BCUT2D eigenvalue weighted by Gasteiger charge is 2.39. The molecular formula is C24H19N3O5. The van der Waals surface area contributed by atoms with Gasteiger partial charge in [-0.25, -0.2) is 9.59 Å². The number of aromatic nitrogens is 2. The lowest BCUT2D eigenvalue weighted by Crippen LogP contribution is -2.36. The van der Waals surface area contributed by atoms with Gasteiger partial charge in [-0.05, 0) is 40.1 Å². The maximum atomic E-state index is 13.0. The Bertz CT molecular complexity index is 1490. The van der Waals surface area contributed by atoms with Gasteiger partial charge in [0.2, 0.25) is 11.8 Å². The summed E-state index contributed by atoms with van der Waals surface area (Å²) in [7, 11) is 0. The first-order valence-electron chi connectivity index (χ1n) is 10.1. The Balaban J connectivity index is 1.96. The van der Waals surface area contributed by atoms with Crippen LogP contribution in [0.4, 0.5) is 0 Å². The van der Waals surface area contributed by atoms with E-state index in [1.165, 1.54) is 0 Å². The molecule has 1 aliphatic heterocycles. The first kappa shape index (κ1) is 19.6. The van der Waals surface area contributed by atoms with Gasteiger partial charge in [0.25, 0.3) is 5.56 Å². The van der Waals surface area contributed by atoms with Gasteiger partial charge >= 0.3 is 11.7 Å². The van der Waals surface area contributed by atoms with Crippen molar-refractivity contribution in [3.63, 3.8) is 0 Å². The van der Waals surface area contributed by atoms with Crippen LogP contribution in [0, 0.1) is 0 Å². The Morgan fingerprint density at radius 3 is 2.25 bits per heavy atom. The van der Waals surface area contributed by atoms with Crippen molar-refractivity contribution in [3.8, 4) is 5.88 Å². The summed E-state index contributed by atoms with van der Waals surface area (Å²) in [6.07, 6.45) is 0. The van der Waals surface area contributed by atoms with Crippen LogP contribution in [-0.2, 0) is 9.53 Å². The second-order valence-electron chi connectivity index (χ2n) is 7.42. The molecule has 0 amide bonds. The molecule has 0 spiro atoms. The third-order valence-corrected chi connectivity index (χ3v) is 5.60. The zero-order valence-electron chi connectivity index (χ0n) is 17.1. The zero-order valence-corrected chi connectivity index (χ0v) is 17.1. The van der Waals surface area contributed by atoms with Gasteiger partial charge in [0.1, 0.15) is 5.57 Å². The maximum Gasteiger partial charge on any atom is 0.340 e. The number of hydrogen-bond donors (Lipinski definition) is 3. The van der Waals surface area contributed by atoms with Crippen LogP contribution in [0.15, 0.2) is 75.6 Å². The van der Waals surface area contributed by atoms with E-state index in [-0.39, 0.29) is 29.5 Å². The molecule has 1 unspecified atom stereocenters. The van der Waals surface area contributed by atoms with E-state index in [2.05, 4.69) is 9.97 Å². The number of nitrogens with two attached hydrogens (primary N) is 1. The summed E-state index contributed by atoms with van der Waals surface area (Å²) < 4.78 is 10.8. The monoisotopic (exact) mass is 429 g/mol. The van der Waals surface area contributed by atoms with Gasteiger partial charge in [0, 0.05) is 0 Å². The molecule has 4 aromatic rings. The molecule has 0 radical (unpaired) electrons. The molecule has 1 atom stereocenters. The van der Waals surface area contributed by atoms with E-state index in [4.69, 9.17) is 15.2 Å². The summed E-state index contributed by atoms with van der Waals surface area (Å²) in [6.45, 7) is 1.80.